The van der Waals surface area contributed by atoms with Gasteiger partial charge in [0, 0.05) is 17.2 Å². The number of carbonyl (C=O) groups excluding carboxylic acids is 1. The minimum absolute atomic E-state index is 0.00307. The Labute approximate surface area is 111 Å². The maximum absolute atomic E-state index is 12.4. The Balaban J connectivity index is 2.10. The van der Waals surface area contributed by atoms with E-state index < -0.39 is 0 Å². The first kappa shape index (κ1) is 10.7. The topological polar surface area (TPSA) is 32.7 Å². The smallest absolute Gasteiger partial charge is 0.236 e. The van der Waals surface area contributed by atoms with E-state index in [2.05, 4.69) is 19.1 Å². The zero-order valence-corrected chi connectivity index (χ0v) is 10.9. The molecule has 0 spiro atoms. The summed E-state index contributed by atoms with van der Waals surface area (Å²) in [6.07, 6.45) is 0. The van der Waals surface area contributed by atoms with Crippen molar-refractivity contribution >= 4 is 33.9 Å². The predicted molar refractivity (Wildman–Crippen MR) is 76.9 cm³/mol. The summed E-state index contributed by atoms with van der Waals surface area (Å²) in [5, 5.41) is 2.22. The van der Waals surface area contributed by atoms with Gasteiger partial charge in [-0.3, -0.25) is 9.69 Å². The SMILES string of the molecule is CC1C(=O)N2C(=Nc3cccc4cccc2c34)C1C. The van der Waals surface area contributed by atoms with Gasteiger partial charge in [0.15, 0.2) is 0 Å². The second-order valence-electron chi connectivity index (χ2n) is 5.37. The normalized spacial score (nSPS) is 24.6. The van der Waals surface area contributed by atoms with Crippen LogP contribution in [-0.4, -0.2) is 11.7 Å². The van der Waals surface area contributed by atoms with Crippen molar-refractivity contribution in [3.63, 3.8) is 0 Å². The molecule has 94 valence electrons. The highest BCUT2D eigenvalue weighted by Crippen LogP contribution is 2.43. The quantitative estimate of drug-likeness (QED) is 0.704. The molecule has 2 aliphatic rings. The average molecular weight is 250 g/mol. The largest absolute Gasteiger partial charge is 0.274 e. The summed E-state index contributed by atoms with van der Waals surface area (Å²) in [5.74, 6) is 1.23. The number of carbonyl (C=O) groups is 1. The first-order valence-corrected chi connectivity index (χ1v) is 6.63. The summed E-state index contributed by atoms with van der Waals surface area (Å²) < 4.78 is 0. The van der Waals surface area contributed by atoms with Gasteiger partial charge >= 0.3 is 0 Å². The van der Waals surface area contributed by atoms with Gasteiger partial charge in [-0.25, -0.2) is 4.99 Å². The molecule has 2 aliphatic heterocycles. The fourth-order valence-corrected chi connectivity index (χ4v) is 3.06. The maximum atomic E-state index is 12.4. The highest BCUT2D eigenvalue weighted by molar-refractivity contribution is 6.30. The van der Waals surface area contributed by atoms with E-state index in [9.17, 15) is 4.79 Å². The minimum atomic E-state index is 0.00307. The first-order valence-electron chi connectivity index (χ1n) is 6.63. The van der Waals surface area contributed by atoms with Gasteiger partial charge in [0.25, 0.3) is 0 Å². The molecule has 0 aromatic heterocycles. The van der Waals surface area contributed by atoms with Gasteiger partial charge in [-0.05, 0) is 17.5 Å². The second-order valence-corrected chi connectivity index (χ2v) is 5.37. The van der Waals surface area contributed by atoms with Gasteiger partial charge in [-0.15, -0.1) is 0 Å². The van der Waals surface area contributed by atoms with Crippen LogP contribution in [0, 0.1) is 11.8 Å². The van der Waals surface area contributed by atoms with Gasteiger partial charge in [0.2, 0.25) is 5.91 Å². The monoisotopic (exact) mass is 250 g/mol. The number of amidine groups is 1. The first-order chi connectivity index (χ1) is 9.18. The molecule has 19 heavy (non-hydrogen) atoms. The lowest BCUT2D eigenvalue weighted by atomic mass is 9.99. The van der Waals surface area contributed by atoms with E-state index in [0.29, 0.717) is 0 Å². The van der Waals surface area contributed by atoms with Gasteiger partial charge in [-0.2, -0.15) is 0 Å². The summed E-state index contributed by atoms with van der Waals surface area (Å²) in [6.45, 7) is 4.06. The van der Waals surface area contributed by atoms with Gasteiger partial charge in [-0.1, -0.05) is 38.1 Å². The van der Waals surface area contributed by atoms with E-state index in [1.165, 1.54) is 0 Å². The lowest BCUT2D eigenvalue weighted by Crippen LogP contribution is -2.32. The van der Waals surface area contributed by atoms with Crippen molar-refractivity contribution in [2.45, 2.75) is 13.8 Å². The van der Waals surface area contributed by atoms with Crippen molar-refractivity contribution in [3.8, 4) is 0 Å². The summed E-state index contributed by atoms with van der Waals surface area (Å²) in [6, 6.07) is 12.2. The van der Waals surface area contributed by atoms with Crippen LogP contribution in [0.1, 0.15) is 13.8 Å². The van der Waals surface area contributed by atoms with Crippen molar-refractivity contribution in [1.29, 1.82) is 0 Å². The number of fused-ring (bicyclic) bond motifs is 2. The Bertz CT molecular complexity index is 742. The molecule has 2 aromatic carbocycles. The highest BCUT2D eigenvalue weighted by Gasteiger charge is 2.43. The molecule has 0 saturated carbocycles. The number of amides is 1. The van der Waals surface area contributed by atoms with Crippen LogP contribution in [0.4, 0.5) is 11.4 Å². The highest BCUT2D eigenvalue weighted by atomic mass is 16.2. The van der Waals surface area contributed by atoms with Crippen LogP contribution in [0.15, 0.2) is 41.4 Å². The van der Waals surface area contributed by atoms with Gasteiger partial charge in [0.05, 0.1) is 11.4 Å². The summed E-state index contributed by atoms with van der Waals surface area (Å²) in [7, 11) is 0. The van der Waals surface area contributed by atoms with Crippen LogP contribution in [0.25, 0.3) is 10.8 Å². The van der Waals surface area contributed by atoms with Crippen LogP contribution < -0.4 is 4.90 Å². The lowest BCUT2D eigenvalue weighted by molar-refractivity contribution is -0.120. The van der Waals surface area contributed by atoms with Crippen molar-refractivity contribution in [1.82, 2.24) is 0 Å². The average Bonchev–Trinajstić information content (AvgIpc) is 2.65. The molecule has 0 aliphatic carbocycles. The molecule has 1 saturated heterocycles. The van der Waals surface area contributed by atoms with Crippen molar-refractivity contribution in [3.05, 3.63) is 36.4 Å². The fourth-order valence-electron chi connectivity index (χ4n) is 3.06. The third-order valence-electron chi connectivity index (χ3n) is 4.33. The zero-order chi connectivity index (χ0) is 13.1. The molecule has 2 heterocycles. The Morgan fingerprint density at radius 2 is 1.79 bits per heavy atom. The zero-order valence-electron chi connectivity index (χ0n) is 10.9. The fraction of sp³-hybridized carbons (Fsp3) is 0.250. The molecule has 2 aromatic rings. The lowest BCUT2D eigenvalue weighted by Gasteiger charge is -2.25. The molecule has 2 atom stereocenters. The molecular weight excluding hydrogens is 236 g/mol. The molecule has 0 radical (unpaired) electrons. The van der Waals surface area contributed by atoms with E-state index >= 15 is 0 Å². The van der Waals surface area contributed by atoms with E-state index in [-0.39, 0.29) is 17.7 Å². The van der Waals surface area contributed by atoms with E-state index in [1.54, 1.807) is 0 Å². The number of nitrogens with zero attached hydrogens (tertiary/aromatic N) is 2. The second kappa shape index (κ2) is 3.44. The van der Waals surface area contributed by atoms with E-state index in [4.69, 9.17) is 4.99 Å². The summed E-state index contributed by atoms with van der Waals surface area (Å²) in [5.41, 5.74) is 1.97. The molecule has 2 unspecified atom stereocenters. The number of anilines is 1. The third kappa shape index (κ3) is 1.22. The Morgan fingerprint density at radius 1 is 1.05 bits per heavy atom. The van der Waals surface area contributed by atoms with Crippen LogP contribution >= 0.6 is 0 Å². The van der Waals surface area contributed by atoms with Gasteiger partial charge < -0.3 is 0 Å². The van der Waals surface area contributed by atoms with Crippen LogP contribution in [0.2, 0.25) is 0 Å². The third-order valence-corrected chi connectivity index (χ3v) is 4.33. The van der Waals surface area contributed by atoms with E-state index in [1.807, 2.05) is 36.1 Å². The Morgan fingerprint density at radius 3 is 2.58 bits per heavy atom. The van der Waals surface area contributed by atoms with Crippen LogP contribution in [0.3, 0.4) is 0 Å². The number of benzene rings is 2. The van der Waals surface area contributed by atoms with Gasteiger partial charge in [0.1, 0.15) is 5.84 Å². The summed E-state index contributed by atoms with van der Waals surface area (Å²) >= 11 is 0. The Kier molecular flexibility index (Phi) is 1.94. The minimum Gasteiger partial charge on any atom is -0.274 e. The van der Waals surface area contributed by atoms with Crippen molar-refractivity contribution in [2.24, 2.45) is 16.8 Å². The number of rotatable bonds is 0. The molecule has 4 rings (SSSR count). The molecule has 3 nitrogen and oxygen atoms in total. The number of aliphatic imine (C=N–C) groups is 1. The Hall–Kier alpha value is -2.16. The van der Waals surface area contributed by atoms with Crippen LogP contribution in [-0.2, 0) is 4.79 Å². The van der Waals surface area contributed by atoms with Crippen LogP contribution in [0.5, 0.6) is 0 Å². The number of hydrogen-bond donors (Lipinski definition) is 0. The van der Waals surface area contributed by atoms with E-state index in [0.717, 1.165) is 28.0 Å². The standard InChI is InChI=1S/C16H14N2O/c1-9-10(2)16(19)18-13-8-4-6-11-5-3-7-12(14(11)13)17-15(9)18/h3-10H,1-2H3. The molecule has 0 N–H and O–H groups in total. The van der Waals surface area contributed by atoms with Crippen molar-refractivity contribution < 1.29 is 4.79 Å². The molecule has 1 fully saturated rings. The molecular formula is C16H14N2O. The molecule has 1 amide bonds. The maximum Gasteiger partial charge on any atom is 0.236 e. The number of hydrogen-bond acceptors (Lipinski definition) is 2. The molecule has 0 bridgehead atoms. The molecule has 3 heteroatoms. The van der Waals surface area contributed by atoms with Crippen molar-refractivity contribution in [2.75, 3.05) is 4.90 Å². The predicted octanol–water partition coefficient (Wildman–Crippen LogP) is 3.50. The summed E-state index contributed by atoms with van der Waals surface area (Å²) in [4.78, 5) is 19.0.